The fourth-order valence-corrected chi connectivity index (χ4v) is 1.61. The first kappa shape index (κ1) is 10.5. The van der Waals surface area contributed by atoms with Gasteiger partial charge in [-0.25, -0.2) is 0 Å². The minimum Gasteiger partial charge on any atom is -0.103 e. The topological polar surface area (TPSA) is 0 Å². The second-order valence-corrected chi connectivity index (χ2v) is 3.26. The lowest BCUT2D eigenvalue weighted by Crippen LogP contribution is -2.11. The number of hydrogen-bond donors (Lipinski definition) is 0. The van der Waals surface area contributed by atoms with Gasteiger partial charge in [-0.2, -0.15) is 0 Å². The van der Waals surface area contributed by atoms with Gasteiger partial charge >= 0.3 is 0 Å². The monoisotopic (exact) mass is 166 g/mol. The summed E-state index contributed by atoms with van der Waals surface area (Å²) in [5.41, 5.74) is 1.50. The Labute approximate surface area is 84.0 Å². The van der Waals surface area contributed by atoms with Crippen LogP contribution < -0.4 is 0 Å². The van der Waals surface area contributed by atoms with E-state index in [1.807, 2.05) is 13.2 Å². The lowest BCUT2D eigenvalue weighted by atomic mass is 9.26. The van der Waals surface area contributed by atoms with Gasteiger partial charge in [-0.3, -0.25) is 0 Å². The van der Waals surface area contributed by atoms with Crippen molar-refractivity contribution in [3.8, 4) is 0 Å². The van der Waals surface area contributed by atoms with Gasteiger partial charge in [0.1, 0.15) is 0 Å². The average molecular weight is 166 g/mol. The summed E-state index contributed by atoms with van der Waals surface area (Å²) in [6.45, 7) is 3.78. The fraction of sp³-hybridized carbons (Fsp3) is 0.400. The van der Waals surface area contributed by atoms with E-state index in [-0.39, 0.29) is 0 Å². The molecule has 0 aliphatic heterocycles. The van der Waals surface area contributed by atoms with Crippen LogP contribution in [0.4, 0.5) is 0 Å². The molecule has 0 amide bonds. The fourth-order valence-electron chi connectivity index (χ4n) is 1.61. The van der Waals surface area contributed by atoms with Gasteiger partial charge in [-0.05, 0) is 18.8 Å². The van der Waals surface area contributed by atoms with Crippen molar-refractivity contribution in [3.63, 3.8) is 0 Å². The van der Waals surface area contributed by atoms with Gasteiger partial charge in [0, 0.05) is 14.8 Å². The van der Waals surface area contributed by atoms with E-state index >= 15 is 0 Å². The second kappa shape index (κ2) is 5.96. The molecular weight excluding hydrogens is 153 g/mol. The molecule has 1 rings (SSSR count). The SMILES string of the molecule is [B][B][B]CC(CC=C)C1=CC=CC1. The Morgan fingerprint density at radius 2 is 2.54 bits per heavy atom. The van der Waals surface area contributed by atoms with Crippen LogP contribution in [0.5, 0.6) is 0 Å². The van der Waals surface area contributed by atoms with E-state index in [9.17, 15) is 0 Å². The first-order chi connectivity index (χ1) is 6.38. The van der Waals surface area contributed by atoms with Crippen LogP contribution >= 0.6 is 0 Å². The molecule has 1 aliphatic carbocycles. The molecule has 0 N–H and O–H groups in total. The molecule has 0 saturated carbocycles. The molecule has 0 nitrogen and oxygen atoms in total. The molecule has 0 aromatic rings. The normalized spacial score (nSPS) is 16.5. The van der Waals surface area contributed by atoms with E-state index in [1.165, 1.54) is 5.57 Å². The molecular formula is C10H13B3. The molecule has 0 bridgehead atoms. The maximum Gasteiger partial charge on any atom is 0.0552 e. The summed E-state index contributed by atoms with van der Waals surface area (Å²) in [6.07, 6.45) is 11.7. The van der Waals surface area contributed by atoms with Gasteiger partial charge < -0.3 is 0 Å². The van der Waals surface area contributed by atoms with Crippen LogP contribution in [0, 0.1) is 5.92 Å². The molecule has 0 aromatic heterocycles. The highest BCUT2D eigenvalue weighted by atomic mass is 14.1. The second-order valence-electron chi connectivity index (χ2n) is 3.26. The Morgan fingerprint density at radius 3 is 3.08 bits per heavy atom. The van der Waals surface area contributed by atoms with Crippen LogP contribution in [-0.2, 0) is 0 Å². The van der Waals surface area contributed by atoms with Crippen molar-refractivity contribution in [1.29, 1.82) is 0 Å². The Balaban J connectivity index is 2.41. The van der Waals surface area contributed by atoms with Crippen LogP contribution in [-0.4, -0.2) is 22.0 Å². The minimum absolute atomic E-state index is 0.590. The zero-order chi connectivity index (χ0) is 9.52. The van der Waals surface area contributed by atoms with Crippen molar-refractivity contribution in [2.24, 2.45) is 5.92 Å². The summed E-state index contributed by atoms with van der Waals surface area (Å²) in [4.78, 5) is 0. The van der Waals surface area contributed by atoms with Gasteiger partial charge in [-0.1, -0.05) is 36.2 Å². The van der Waals surface area contributed by atoms with Crippen molar-refractivity contribution < 1.29 is 0 Å². The summed E-state index contributed by atoms with van der Waals surface area (Å²) >= 11 is 0. The molecule has 3 heteroatoms. The molecule has 1 atom stereocenters. The zero-order valence-corrected chi connectivity index (χ0v) is 7.95. The first-order valence-corrected chi connectivity index (χ1v) is 4.71. The van der Waals surface area contributed by atoms with E-state index in [0.29, 0.717) is 5.92 Å². The van der Waals surface area contributed by atoms with E-state index in [2.05, 4.69) is 24.8 Å². The number of allylic oxidation sites excluding steroid dienone is 5. The Kier molecular flexibility index (Phi) is 4.81. The predicted octanol–water partition coefficient (Wildman–Crippen LogP) is 1.89. The first-order valence-electron chi connectivity index (χ1n) is 4.71. The number of rotatable bonds is 6. The third-order valence-corrected chi connectivity index (χ3v) is 2.33. The van der Waals surface area contributed by atoms with Crippen LogP contribution in [0.3, 0.4) is 0 Å². The zero-order valence-electron chi connectivity index (χ0n) is 7.95. The molecule has 0 heterocycles. The highest BCUT2D eigenvalue weighted by molar-refractivity contribution is 7.23. The van der Waals surface area contributed by atoms with Crippen molar-refractivity contribution in [2.45, 2.75) is 19.2 Å². The lowest BCUT2D eigenvalue weighted by Gasteiger charge is -2.15. The van der Waals surface area contributed by atoms with Crippen molar-refractivity contribution >= 4 is 22.0 Å². The highest BCUT2D eigenvalue weighted by Gasteiger charge is 2.12. The largest absolute Gasteiger partial charge is 0.103 e. The third kappa shape index (κ3) is 3.34. The maximum atomic E-state index is 5.33. The summed E-state index contributed by atoms with van der Waals surface area (Å²) in [7, 11) is 8.98. The third-order valence-electron chi connectivity index (χ3n) is 2.33. The Hall–Kier alpha value is -0.585. The van der Waals surface area contributed by atoms with Crippen molar-refractivity contribution in [2.75, 3.05) is 0 Å². The molecule has 0 aromatic carbocycles. The van der Waals surface area contributed by atoms with E-state index < -0.39 is 0 Å². The van der Waals surface area contributed by atoms with Crippen LogP contribution in [0.2, 0.25) is 6.32 Å². The highest BCUT2D eigenvalue weighted by Crippen LogP contribution is 2.26. The predicted molar refractivity (Wildman–Crippen MR) is 62.2 cm³/mol. The van der Waals surface area contributed by atoms with Gasteiger partial charge in [0.05, 0.1) is 7.17 Å². The van der Waals surface area contributed by atoms with E-state index in [0.717, 1.165) is 19.2 Å². The molecule has 13 heavy (non-hydrogen) atoms. The lowest BCUT2D eigenvalue weighted by molar-refractivity contribution is 0.682. The van der Waals surface area contributed by atoms with Gasteiger partial charge in [-0.15, -0.1) is 6.58 Å². The van der Waals surface area contributed by atoms with E-state index in [1.54, 1.807) is 7.06 Å². The van der Waals surface area contributed by atoms with Gasteiger partial charge in [0.25, 0.3) is 0 Å². The summed E-state index contributed by atoms with van der Waals surface area (Å²) in [6, 6.07) is 0. The summed E-state index contributed by atoms with van der Waals surface area (Å²) < 4.78 is 0. The van der Waals surface area contributed by atoms with Crippen LogP contribution in [0.1, 0.15) is 12.8 Å². The smallest absolute Gasteiger partial charge is 0.0552 e. The molecule has 0 spiro atoms. The molecule has 0 saturated heterocycles. The standard InChI is InChI=1S/C10H13B3/c1-2-5-10(8-12-13-11)9-6-3-4-7-9/h2-4,6,10H,1,5,7-8H2. The van der Waals surface area contributed by atoms with Gasteiger partial charge in [0.2, 0.25) is 0 Å². The molecule has 1 unspecified atom stereocenters. The quantitative estimate of drug-likeness (QED) is 0.417. The molecule has 4 radical (unpaired) electrons. The molecule has 1 aliphatic rings. The van der Waals surface area contributed by atoms with Crippen molar-refractivity contribution in [1.82, 2.24) is 0 Å². The van der Waals surface area contributed by atoms with Gasteiger partial charge in [0.15, 0.2) is 0 Å². The van der Waals surface area contributed by atoms with E-state index in [4.69, 9.17) is 7.74 Å². The Morgan fingerprint density at radius 1 is 1.69 bits per heavy atom. The maximum absolute atomic E-state index is 5.33. The molecule has 0 fully saturated rings. The summed E-state index contributed by atoms with van der Waals surface area (Å²) in [5, 5.41) is 0. The number of hydrogen-bond acceptors (Lipinski definition) is 0. The van der Waals surface area contributed by atoms with Crippen LogP contribution in [0.15, 0.2) is 36.5 Å². The molecule has 62 valence electrons. The minimum atomic E-state index is 0.590. The summed E-state index contributed by atoms with van der Waals surface area (Å²) in [5.74, 6) is 0.590. The Bertz CT molecular complexity index is 218. The van der Waals surface area contributed by atoms with Crippen LogP contribution in [0.25, 0.3) is 0 Å². The van der Waals surface area contributed by atoms with Crippen molar-refractivity contribution in [3.05, 3.63) is 36.5 Å². The average Bonchev–Trinajstić information content (AvgIpc) is 2.65.